The Balaban J connectivity index is 1.86. The second kappa shape index (κ2) is 10.0. The van der Waals surface area contributed by atoms with Crippen molar-refractivity contribution in [3.63, 3.8) is 0 Å². The molecular weight excluding hydrogens is 397 g/mol. The smallest absolute Gasteiger partial charge is 0.412 e. The van der Waals surface area contributed by atoms with Gasteiger partial charge in [-0.1, -0.05) is 0 Å². The van der Waals surface area contributed by atoms with Crippen molar-refractivity contribution in [1.82, 2.24) is 5.32 Å². The van der Waals surface area contributed by atoms with E-state index in [0.717, 1.165) is 6.07 Å². The number of hydrogen-bond donors (Lipinski definition) is 3. The summed E-state index contributed by atoms with van der Waals surface area (Å²) in [4.78, 5) is 35.9. The Morgan fingerprint density at radius 1 is 1.10 bits per heavy atom. The maximum absolute atomic E-state index is 13.6. The van der Waals surface area contributed by atoms with Gasteiger partial charge in [-0.15, -0.1) is 0 Å². The Kier molecular flexibility index (Phi) is 7.72. The lowest BCUT2D eigenvalue weighted by Crippen LogP contribution is -2.27. The number of amides is 3. The lowest BCUT2D eigenvalue weighted by molar-refractivity contribution is -0.116. The first-order valence-electron chi connectivity index (χ1n) is 9.04. The van der Waals surface area contributed by atoms with Crippen LogP contribution in [0.15, 0.2) is 35.0 Å². The van der Waals surface area contributed by atoms with Crippen LogP contribution in [0.3, 0.4) is 0 Å². The Morgan fingerprint density at radius 3 is 2.52 bits per heavy atom. The van der Waals surface area contributed by atoms with Crippen LogP contribution in [0.4, 0.5) is 20.6 Å². The van der Waals surface area contributed by atoms with Crippen LogP contribution in [-0.2, 0) is 9.53 Å². The van der Waals surface area contributed by atoms with E-state index in [9.17, 15) is 18.8 Å². The standard InChI is InChI=1S/C20H24FN3O4S/c1-20(2,3)28-19(27)24-15-7-6-14(21)11-16(15)23-17(25)5-4-9-22-18(26)13-8-10-29-12-13/h6-8,10-12H,4-5,9H2,1-3H3,(H,22,26)(H,23,25)(H,24,27). The Labute approximate surface area is 172 Å². The van der Waals surface area contributed by atoms with Gasteiger partial charge in [0.2, 0.25) is 5.91 Å². The summed E-state index contributed by atoms with van der Waals surface area (Å²) in [6.07, 6.45) is -0.186. The van der Waals surface area contributed by atoms with Crippen LogP contribution in [0.1, 0.15) is 44.0 Å². The summed E-state index contributed by atoms with van der Waals surface area (Å²) in [5.74, 6) is -1.12. The molecule has 2 rings (SSSR count). The topological polar surface area (TPSA) is 96.5 Å². The SMILES string of the molecule is CC(C)(C)OC(=O)Nc1ccc(F)cc1NC(=O)CCCNC(=O)c1ccsc1. The molecule has 0 saturated heterocycles. The van der Waals surface area contributed by atoms with Gasteiger partial charge in [-0.3, -0.25) is 14.9 Å². The molecule has 0 radical (unpaired) electrons. The highest BCUT2D eigenvalue weighted by molar-refractivity contribution is 7.08. The number of carbonyl (C=O) groups excluding carboxylic acids is 3. The quantitative estimate of drug-likeness (QED) is 0.578. The monoisotopic (exact) mass is 421 g/mol. The highest BCUT2D eigenvalue weighted by atomic mass is 32.1. The number of carbonyl (C=O) groups is 3. The maximum atomic E-state index is 13.6. The fourth-order valence-electron chi connectivity index (χ4n) is 2.30. The fraction of sp³-hybridized carbons (Fsp3) is 0.350. The van der Waals surface area contributed by atoms with E-state index < -0.39 is 17.5 Å². The zero-order valence-electron chi connectivity index (χ0n) is 16.5. The molecule has 0 atom stereocenters. The molecule has 9 heteroatoms. The van der Waals surface area contributed by atoms with E-state index in [4.69, 9.17) is 4.74 Å². The number of rotatable bonds is 7. The van der Waals surface area contributed by atoms with Crippen molar-refractivity contribution < 1.29 is 23.5 Å². The van der Waals surface area contributed by atoms with E-state index in [1.165, 1.54) is 23.5 Å². The minimum absolute atomic E-state index is 0.117. The van der Waals surface area contributed by atoms with Crippen LogP contribution < -0.4 is 16.0 Å². The molecule has 1 heterocycles. The van der Waals surface area contributed by atoms with Gasteiger partial charge in [0.1, 0.15) is 11.4 Å². The van der Waals surface area contributed by atoms with Crippen LogP contribution in [0.25, 0.3) is 0 Å². The average molecular weight is 421 g/mol. The maximum Gasteiger partial charge on any atom is 0.412 e. The third-order valence-corrected chi connectivity index (χ3v) is 4.22. The molecule has 0 spiro atoms. The molecule has 3 N–H and O–H groups in total. The first-order valence-corrected chi connectivity index (χ1v) is 9.98. The number of nitrogens with one attached hydrogen (secondary N) is 3. The van der Waals surface area contributed by atoms with Gasteiger partial charge in [-0.25, -0.2) is 9.18 Å². The van der Waals surface area contributed by atoms with E-state index in [1.54, 1.807) is 32.2 Å². The number of thiophene rings is 1. The predicted molar refractivity (Wildman–Crippen MR) is 111 cm³/mol. The largest absolute Gasteiger partial charge is 0.444 e. The highest BCUT2D eigenvalue weighted by Crippen LogP contribution is 2.24. The van der Waals surface area contributed by atoms with Crippen LogP contribution >= 0.6 is 11.3 Å². The molecule has 0 unspecified atom stereocenters. The summed E-state index contributed by atoms with van der Waals surface area (Å²) < 4.78 is 18.8. The molecular formula is C20H24FN3O4S. The minimum atomic E-state index is -0.712. The summed E-state index contributed by atoms with van der Waals surface area (Å²) in [7, 11) is 0. The molecule has 1 aromatic heterocycles. The van der Waals surface area contributed by atoms with Crippen molar-refractivity contribution in [2.45, 2.75) is 39.2 Å². The van der Waals surface area contributed by atoms with E-state index in [2.05, 4.69) is 16.0 Å². The van der Waals surface area contributed by atoms with Crippen LogP contribution in [0.5, 0.6) is 0 Å². The Hall–Kier alpha value is -2.94. The van der Waals surface area contributed by atoms with Crippen molar-refractivity contribution in [1.29, 1.82) is 0 Å². The molecule has 0 bridgehead atoms. The average Bonchev–Trinajstić information content (AvgIpc) is 3.14. The normalized spacial score (nSPS) is 10.9. The van der Waals surface area contributed by atoms with Gasteiger partial charge in [0.05, 0.1) is 11.4 Å². The molecule has 0 saturated carbocycles. The van der Waals surface area contributed by atoms with Crippen LogP contribution in [0, 0.1) is 5.82 Å². The molecule has 7 nitrogen and oxygen atoms in total. The van der Waals surface area contributed by atoms with Gasteiger partial charge in [-0.05, 0) is 56.8 Å². The Bertz CT molecular complexity index is 863. The van der Waals surface area contributed by atoms with Gasteiger partial charge in [0, 0.05) is 23.9 Å². The predicted octanol–water partition coefficient (Wildman–Crippen LogP) is 4.38. The van der Waals surface area contributed by atoms with E-state index >= 15 is 0 Å². The summed E-state index contributed by atoms with van der Waals surface area (Å²) in [5, 5.41) is 11.4. The van der Waals surface area contributed by atoms with E-state index in [1.807, 2.05) is 5.38 Å². The highest BCUT2D eigenvalue weighted by Gasteiger charge is 2.18. The van der Waals surface area contributed by atoms with Crippen molar-refractivity contribution >= 4 is 40.6 Å². The third kappa shape index (κ3) is 7.90. The number of ether oxygens (including phenoxy) is 1. The summed E-state index contributed by atoms with van der Waals surface area (Å²) in [5.41, 5.74) is 0.237. The number of halogens is 1. The molecule has 1 aromatic carbocycles. The van der Waals surface area contributed by atoms with Crippen molar-refractivity contribution in [2.24, 2.45) is 0 Å². The van der Waals surface area contributed by atoms with Gasteiger partial charge in [0.15, 0.2) is 0 Å². The van der Waals surface area contributed by atoms with Gasteiger partial charge < -0.3 is 15.4 Å². The second-order valence-electron chi connectivity index (χ2n) is 7.24. The lowest BCUT2D eigenvalue weighted by Gasteiger charge is -2.20. The summed E-state index contributed by atoms with van der Waals surface area (Å²) in [6.45, 7) is 5.49. The number of anilines is 2. The zero-order valence-corrected chi connectivity index (χ0v) is 17.3. The molecule has 0 aliphatic carbocycles. The Morgan fingerprint density at radius 2 is 1.86 bits per heavy atom. The van der Waals surface area contributed by atoms with Gasteiger partial charge in [0.25, 0.3) is 5.91 Å². The molecule has 0 fully saturated rings. The van der Waals surface area contributed by atoms with Crippen LogP contribution in [0.2, 0.25) is 0 Å². The lowest BCUT2D eigenvalue weighted by atomic mass is 10.2. The first kappa shape index (κ1) is 22.4. The molecule has 3 amide bonds. The van der Waals surface area contributed by atoms with E-state index in [0.29, 0.717) is 18.5 Å². The summed E-state index contributed by atoms with van der Waals surface area (Å²) >= 11 is 1.43. The zero-order chi connectivity index (χ0) is 21.4. The minimum Gasteiger partial charge on any atom is -0.444 e. The van der Waals surface area contributed by atoms with Crippen molar-refractivity contribution in [3.8, 4) is 0 Å². The molecule has 0 aliphatic rings. The number of benzene rings is 1. The van der Waals surface area contributed by atoms with E-state index in [-0.39, 0.29) is 29.6 Å². The van der Waals surface area contributed by atoms with Crippen molar-refractivity contribution in [2.75, 3.05) is 17.2 Å². The molecule has 156 valence electrons. The van der Waals surface area contributed by atoms with Crippen molar-refractivity contribution in [3.05, 3.63) is 46.4 Å². The van der Waals surface area contributed by atoms with Gasteiger partial charge in [-0.2, -0.15) is 11.3 Å². The molecule has 0 aliphatic heterocycles. The molecule has 29 heavy (non-hydrogen) atoms. The first-order chi connectivity index (χ1) is 13.6. The summed E-state index contributed by atoms with van der Waals surface area (Å²) in [6, 6.07) is 5.34. The number of hydrogen-bond acceptors (Lipinski definition) is 5. The second-order valence-corrected chi connectivity index (χ2v) is 8.02. The fourth-order valence-corrected chi connectivity index (χ4v) is 2.94. The third-order valence-electron chi connectivity index (χ3n) is 3.54. The van der Waals surface area contributed by atoms with Crippen LogP contribution in [-0.4, -0.2) is 30.1 Å². The molecule has 2 aromatic rings. The van der Waals surface area contributed by atoms with Gasteiger partial charge >= 0.3 is 6.09 Å².